The quantitative estimate of drug-likeness (QED) is 0.785. The molecule has 24 heavy (non-hydrogen) atoms. The van der Waals surface area contributed by atoms with Gasteiger partial charge >= 0.3 is 0 Å². The normalized spacial score (nSPS) is 11.5. The maximum atomic E-state index is 12.6. The number of hydrogen-bond acceptors (Lipinski definition) is 4. The monoisotopic (exact) mass is 319 g/mol. The van der Waals surface area contributed by atoms with Crippen LogP contribution in [0.5, 0.6) is 5.88 Å². The van der Waals surface area contributed by atoms with E-state index in [0.29, 0.717) is 11.4 Å². The number of pyridine rings is 2. The number of benzene rings is 1. The van der Waals surface area contributed by atoms with Gasteiger partial charge in [-0.25, -0.2) is 4.98 Å². The lowest BCUT2D eigenvalue weighted by Gasteiger charge is -2.19. The molecule has 0 bridgehead atoms. The molecule has 120 valence electrons. The van der Waals surface area contributed by atoms with Crippen molar-refractivity contribution in [2.24, 2.45) is 0 Å². The van der Waals surface area contributed by atoms with Gasteiger partial charge in [0.2, 0.25) is 5.88 Å². The van der Waals surface area contributed by atoms with E-state index in [1.165, 1.54) is 13.3 Å². The van der Waals surface area contributed by atoms with Gasteiger partial charge in [-0.1, -0.05) is 36.4 Å². The minimum atomic E-state index is -0.331. The Balaban J connectivity index is 1.87. The number of carbonyl (C=O) groups excluding carboxylic acids is 1. The fourth-order valence-electron chi connectivity index (χ4n) is 2.37. The van der Waals surface area contributed by atoms with Crippen LogP contribution in [0.4, 0.5) is 0 Å². The lowest BCUT2D eigenvalue weighted by Crippen LogP contribution is -2.30. The lowest BCUT2D eigenvalue weighted by atomic mass is 10.0. The van der Waals surface area contributed by atoms with Gasteiger partial charge in [0.15, 0.2) is 0 Å². The van der Waals surface area contributed by atoms with Crippen molar-refractivity contribution in [2.75, 3.05) is 7.11 Å². The molecule has 0 radical (unpaired) electrons. The third-order valence-electron chi connectivity index (χ3n) is 3.60. The molecule has 1 amide bonds. The number of hydrogen-bond donors (Lipinski definition) is 1. The predicted octanol–water partition coefficient (Wildman–Crippen LogP) is 3.00. The standard InChI is InChI=1S/C19H17N3O2/c1-24-17-11-10-15(13-21-17)19(23)22-18(14-7-3-2-4-8-14)16-9-5-6-12-20-16/h2-13,18H,1H3,(H,22,23). The Morgan fingerprint density at radius 1 is 1.00 bits per heavy atom. The zero-order valence-electron chi connectivity index (χ0n) is 13.2. The Bertz CT molecular complexity index is 750. The van der Waals surface area contributed by atoms with Gasteiger partial charge in [0, 0.05) is 18.5 Å². The first-order valence-electron chi connectivity index (χ1n) is 7.54. The second-order valence-electron chi connectivity index (χ2n) is 5.16. The van der Waals surface area contributed by atoms with Crippen LogP contribution in [0.2, 0.25) is 0 Å². The third-order valence-corrected chi connectivity index (χ3v) is 3.60. The van der Waals surface area contributed by atoms with E-state index in [1.54, 1.807) is 18.3 Å². The fourth-order valence-corrected chi connectivity index (χ4v) is 2.37. The van der Waals surface area contributed by atoms with Crippen molar-refractivity contribution in [1.29, 1.82) is 0 Å². The molecule has 0 spiro atoms. The summed E-state index contributed by atoms with van der Waals surface area (Å²) in [6.07, 6.45) is 3.21. The number of ether oxygens (including phenoxy) is 1. The van der Waals surface area contributed by atoms with Crippen LogP contribution in [0, 0.1) is 0 Å². The van der Waals surface area contributed by atoms with Gasteiger partial charge in [0.25, 0.3) is 5.91 Å². The first-order valence-corrected chi connectivity index (χ1v) is 7.54. The van der Waals surface area contributed by atoms with Gasteiger partial charge in [-0.2, -0.15) is 0 Å². The number of nitrogens with one attached hydrogen (secondary N) is 1. The van der Waals surface area contributed by atoms with Gasteiger partial charge < -0.3 is 10.1 Å². The SMILES string of the molecule is COc1ccc(C(=O)NC(c2ccccc2)c2ccccn2)cn1. The molecule has 1 aromatic carbocycles. The fraction of sp³-hybridized carbons (Fsp3) is 0.105. The number of nitrogens with zero attached hydrogens (tertiary/aromatic N) is 2. The molecule has 0 saturated carbocycles. The molecule has 3 aromatic rings. The third kappa shape index (κ3) is 3.57. The first kappa shape index (κ1) is 15.7. The van der Waals surface area contributed by atoms with Crippen LogP contribution >= 0.6 is 0 Å². The van der Waals surface area contributed by atoms with E-state index >= 15 is 0 Å². The highest BCUT2D eigenvalue weighted by atomic mass is 16.5. The molecule has 5 nitrogen and oxygen atoms in total. The highest BCUT2D eigenvalue weighted by Crippen LogP contribution is 2.20. The van der Waals surface area contributed by atoms with Gasteiger partial charge in [-0.15, -0.1) is 0 Å². The molecule has 0 saturated heterocycles. The van der Waals surface area contributed by atoms with Crippen LogP contribution in [0.3, 0.4) is 0 Å². The Morgan fingerprint density at radius 2 is 1.79 bits per heavy atom. The van der Waals surface area contributed by atoms with Crippen LogP contribution in [0.25, 0.3) is 0 Å². The highest BCUT2D eigenvalue weighted by Gasteiger charge is 2.18. The van der Waals surface area contributed by atoms with Crippen molar-refractivity contribution in [2.45, 2.75) is 6.04 Å². The van der Waals surface area contributed by atoms with Gasteiger partial charge in [0.1, 0.15) is 0 Å². The maximum Gasteiger partial charge on any atom is 0.253 e. The summed E-state index contributed by atoms with van der Waals surface area (Å²) in [5.74, 6) is 0.251. The van der Waals surface area contributed by atoms with Crippen molar-refractivity contribution < 1.29 is 9.53 Å². The minimum Gasteiger partial charge on any atom is -0.481 e. The van der Waals surface area contributed by atoms with Crippen molar-refractivity contribution in [3.8, 4) is 5.88 Å². The molecule has 2 heterocycles. The van der Waals surface area contributed by atoms with Crippen molar-refractivity contribution in [1.82, 2.24) is 15.3 Å². The molecular formula is C19H17N3O2. The Hall–Kier alpha value is -3.21. The van der Waals surface area contributed by atoms with E-state index in [2.05, 4.69) is 15.3 Å². The van der Waals surface area contributed by atoms with E-state index in [0.717, 1.165) is 11.3 Å². The smallest absolute Gasteiger partial charge is 0.253 e. The lowest BCUT2D eigenvalue weighted by molar-refractivity contribution is 0.0942. The van der Waals surface area contributed by atoms with Crippen LogP contribution in [0.15, 0.2) is 73.1 Å². The average Bonchev–Trinajstić information content (AvgIpc) is 2.67. The van der Waals surface area contributed by atoms with Crippen LogP contribution < -0.4 is 10.1 Å². The Labute approximate surface area is 140 Å². The number of rotatable bonds is 5. The van der Waals surface area contributed by atoms with E-state index in [9.17, 15) is 4.79 Å². The second kappa shape index (κ2) is 7.37. The van der Waals surface area contributed by atoms with E-state index in [-0.39, 0.29) is 11.9 Å². The summed E-state index contributed by atoms with van der Waals surface area (Å²) < 4.78 is 5.02. The van der Waals surface area contributed by atoms with E-state index < -0.39 is 0 Å². The molecule has 0 fully saturated rings. The van der Waals surface area contributed by atoms with Crippen LogP contribution in [-0.4, -0.2) is 23.0 Å². The molecule has 0 aliphatic carbocycles. The first-order chi connectivity index (χ1) is 11.8. The Kier molecular flexibility index (Phi) is 4.81. The number of amides is 1. The summed E-state index contributed by atoms with van der Waals surface area (Å²) in [6.45, 7) is 0. The summed E-state index contributed by atoms with van der Waals surface area (Å²) in [4.78, 5) is 21.0. The molecule has 2 aromatic heterocycles. The molecule has 5 heteroatoms. The number of methoxy groups -OCH3 is 1. The zero-order chi connectivity index (χ0) is 16.8. The largest absolute Gasteiger partial charge is 0.481 e. The molecule has 1 unspecified atom stereocenters. The molecule has 1 N–H and O–H groups in total. The summed E-state index contributed by atoms with van der Waals surface area (Å²) in [5.41, 5.74) is 2.21. The average molecular weight is 319 g/mol. The maximum absolute atomic E-state index is 12.6. The van der Waals surface area contributed by atoms with Crippen molar-refractivity contribution in [3.05, 3.63) is 89.9 Å². The number of aromatic nitrogens is 2. The molecule has 3 rings (SSSR count). The van der Waals surface area contributed by atoms with Gasteiger partial charge in [-0.3, -0.25) is 9.78 Å². The highest BCUT2D eigenvalue weighted by molar-refractivity contribution is 5.94. The minimum absolute atomic E-state index is 0.218. The van der Waals surface area contributed by atoms with Gasteiger partial charge in [0.05, 0.1) is 24.4 Å². The van der Waals surface area contributed by atoms with E-state index in [4.69, 9.17) is 4.74 Å². The molecule has 1 atom stereocenters. The number of carbonyl (C=O) groups is 1. The Morgan fingerprint density at radius 3 is 2.42 bits per heavy atom. The zero-order valence-corrected chi connectivity index (χ0v) is 13.2. The second-order valence-corrected chi connectivity index (χ2v) is 5.16. The summed E-state index contributed by atoms with van der Waals surface area (Å²) >= 11 is 0. The predicted molar refractivity (Wildman–Crippen MR) is 90.8 cm³/mol. The molecule has 0 aliphatic rings. The molecular weight excluding hydrogens is 302 g/mol. The van der Waals surface area contributed by atoms with Crippen molar-refractivity contribution >= 4 is 5.91 Å². The van der Waals surface area contributed by atoms with Crippen LogP contribution in [-0.2, 0) is 0 Å². The summed E-state index contributed by atoms with van der Waals surface area (Å²) in [5, 5.41) is 3.02. The van der Waals surface area contributed by atoms with E-state index in [1.807, 2.05) is 48.5 Å². The van der Waals surface area contributed by atoms with Crippen molar-refractivity contribution in [3.63, 3.8) is 0 Å². The summed E-state index contributed by atoms with van der Waals surface area (Å²) in [6, 6.07) is 18.4. The summed E-state index contributed by atoms with van der Waals surface area (Å²) in [7, 11) is 1.54. The van der Waals surface area contributed by atoms with Gasteiger partial charge in [-0.05, 0) is 23.8 Å². The van der Waals surface area contributed by atoms with Crippen LogP contribution in [0.1, 0.15) is 27.7 Å². The topological polar surface area (TPSA) is 64.1 Å². The molecule has 0 aliphatic heterocycles.